The first-order chi connectivity index (χ1) is 14.0. The molecule has 0 atom stereocenters. The van der Waals surface area contributed by atoms with E-state index < -0.39 is 11.9 Å². The molecule has 0 unspecified atom stereocenters. The number of Topliss-reactive ketones (excluding diaryl/α,β-unsaturated/α-hetero) is 1. The molecule has 0 spiro atoms. The number of benzene rings is 1. The van der Waals surface area contributed by atoms with Crippen LogP contribution in [0.1, 0.15) is 61.7 Å². The van der Waals surface area contributed by atoms with Crippen molar-refractivity contribution < 1.29 is 29.3 Å². The number of carboxylic acids is 2. The summed E-state index contributed by atoms with van der Waals surface area (Å²) in [7, 11) is 0. The van der Waals surface area contributed by atoms with Crippen LogP contribution < -0.4 is 4.74 Å². The summed E-state index contributed by atoms with van der Waals surface area (Å²) in [6.45, 7) is 4.39. The van der Waals surface area contributed by atoms with Gasteiger partial charge in [-0.1, -0.05) is 19.3 Å². The SMILES string of the molecule is O=C(O)C(=O)O.O=C(c1ccc(OCCCN2CCCCC2)cc1)C1CCCC1. The second-order valence-corrected chi connectivity index (χ2v) is 7.58. The highest BCUT2D eigenvalue weighted by Gasteiger charge is 2.23. The molecule has 1 aromatic rings. The van der Waals surface area contributed by atoms with Gasteiger partial charge in [0.25, 0.3) is 0 Å². The van der Waals surface area contributed by atoms with Crippen molar-refractivity contribution in [3.8, 4) is 5.75 Å². The number of ether oxygens (including phenoxy) is 1. The summed E-state index contributed by atoms with van der Waals surface area (Å²) in [6, 6.07) is 7.76. The first-order valence-electron chi connectivity index (χ1n) is 10.4. The van der Waals surface area contributed by atoms with Crippen molar-refractivity contribution in [2.45, 2.75) is 51.4 Å². The van der Waals surface area contributed by atoms with Gasteiger partial charge >= 0.3 is 11.9 Å². The zero-order chi connectivity index (χ0) is 21.1. The van der Waals surface area contributed by atoms with Gasteiger partial charge in [-0.2, -0.15) is 0 Å². The molecule has 0 amide bonds. The predicted octanol–water partition coefficient (Wildman–Crippen LogP) is 3.47. The Hall–Kier alpha value is -2.41. The molecule has 0 radical (unpaired) electrons. The van der Waals surface area contributed by atoms with E-state index in [9.17, 15) is 4.79 Å². The van der Waals surface area contributed by atoms with Crippen LogP contribution in [-0.4, -0.2) is 59.1 Å². The summed E-state index contributed by atoms with van der Waals surface area (Å²) in [6.07, 6.45) is 9.68. The Labute approximate surface area is 171 Å². The molecule has 7 heteroatoms. The number of carbonyl (C=O) groups excluding carboxylic acids is 1. The molecular weight excluding hydrogens is 374 g/mol. The van der Waals surface area contributed by atoms with Gasteiger partial charge in [0, 0.05) is 18.0 Å². The number of piperidine rings is 1. The first kappa shape index (κ1) is 22.9. The van der Waals surface area contributed by atoms with E-state index in [-0.39, 0.29) is 5.92 Å². The van der Waals surface area contributed by atoms with E-state index in [1.54, 1.807) is 0 Å². The highest BCUT2D eigenvalue weighted by molar-refractivity contribution is 6.27. The normalized spacial score (nSPS) is 17.2. The first-order valence-corrected chi connectivity index (χ1v) is 10.4. The Balaban J connectivity index is 0.000000438. The fourth-order valence-electron chi connectivity index (χ4n) is 3.80. The molecule has 0 aromatic heterocycles. The second kappa shape index (κ2) is 12.2. The molecule has 29 heavy (non-hydrogen) atoms. The highest BCUT2D eigenvalue weighted by atomic mass is 16.5. The molecule has 1 aliphatic carbocycles. The van der Waals surface area contributed by atoms with Crippen LogP contribution in [-0.2, 0) is 9.59 Å². The van der Waals surface area contributed by atoms with E-state index in [1.807, 2.05) is 24.3 Å². The number of likely N-dealkylation sites (tertiary alicyclic amines) is 1. The molecule has 2 aliphatic rings. The average Bonchev–Trinajstić information content (AvgIpc) is 3.27. The van der Waals surface area contributed by atoms with Gasteiger partial charge in [-0.25, -0.2) is 9.59 Å². The van der Waals surface area contributed by atoms with Crippen molar-refractivity contribution in [1.29, 1.82) is 0 Å². The Morgan fingerprint density at radius 3 is 2.03 bits per heavy atom. The van der Waals surface area contributed by atoms with Crippen molar-refractivity contribution in [3.63, 3.8) is 0 Å². The summed E-state index contributed by atoms with van der Waals surface area (Å²) in [5.41, 5.74) is 0.845. The van der Waals surface area contributed by atoms with Crippen LogP contribution in [0, 0.1) is 5.92 Å². The van der Waals surface area contributed by atoms with E-state index in [0.29, 0.717) is 5.78 Å². The molecule has 1 saturated heterocycles. The number of nitrogens with zero attached hydrogens (tertiary/aromatic N) is 1. The van der Waals surface area contributed by atoms with E-state index in [2.05, 4.69) is 4.90 Å². The topological polar surface area (TPSA) is 104 Å². The van der Waals surface area contributed by atoms with Gasteiger partial charge in [0.1, 0.15) is 5.75 Å². The molecule has 1 aliphatic heterocycles. The highest BCUT2D eigenvalue weighted by Crippen LogP contribution is 2.28. The molecule has 0 bridgehead atoms. The smallest absolute Gasteiger partial charge is 0.414 e. The maximum atomic E-state index is 12.3. The molecule has 1 saturated carbocycles. The summed E-state index contributed by atoms with van der Waals surface area (Å²) >= 11 is 0. The minimum atomic E-state index is -1.82. The molecule has 160 valence electrons. The molecule has 1 heterocycles. The van der Waals surface area contributed by atoms with Crippen LogP contribution in [0.2, 0.25) is 0 Å². The van der Waals surface area contributed by atoms with Crippen molar-refractivity contribution in [2.24, 2.45) is 5.92 Å². The number of aliphatic carboxylic acids is 2. The molecule has 2 fully saturated rings. The van der Waals surface area contributed by atoms with Crippen molar-refractivity contribution in [1.82, 2.24) is 4.90 Å². The van der Waals surface area contributed by atoms with Crippen LogP contribution in [0.4, 0.5) is 0 Å². The van der Waals surface area contributed by atoms with Gasteiger partial charge in [-0.05, 0) is 69.5 Å². The van der Waals surface area contributed by atoms with Gasteiger partial charge in [-0.15, -0.1) is 0 Å². The monoisotopic (exact) mass is 405 g/mol. The fourth-order valence-corrected chi connectivity index (χ4v) is 3.80. The van der Waals surface area contributed by atoms with Crippen molar-refractivity contribution >= 4 is 17.7 Å². The lowest BCUT2D eigenvalue weighted by atomic mass is 9.96. The minimum absolute atomic E-state index is 0.256. The predicted molar refractivity (Wildman–Crippen MR) is 108 cm³/mol. The Kier molecular flexibility index (Phi) is 9.64. The lowest BCUT2D eigenvalue weighted by Gasteiger charge is -2.26. The van der Waals surface area contributed by atoms with Gasteiger partial charge in [0.2, 0.25) is 0 Å². The standard InChI is InChI=1S/C20H29NO2.C2H2O4/c22-20(17-7-2-3-8-17)18-9-11-19(12-10-18)23-16-6-15-21-13-4-1-5-14-21;3-1(4)2(5)6/h9-12,17H,1-8,13-16H2;(H,3,4)(H,5,6). The zero-order valence-corrected chi connectivity index (χ0v) is 16.8. The third-order valence-corrected chi connectivity index (χ3v) is 5.38. The van der Waals surface area contributed by atoms with Gasteiger partial charge in [0.05, 0.1) is 6.61 Å². The molecule has 2 N–H and O–H groups in total. The Morgan fingerprint density at radius 2 is 1.48 bits per heavy atom. The average molecular weight is 405 g/mol. The van der Waals surface area contributed by atoms with Crippen LogP contribution in [0.15, 0.2) is 24.3 Å². The number of ketones is 1. The number of carboxylic acid groups (broad SMARTS) is 2. The van der Waals surface area contributed by atoms with Gasteiger partial charge in [0.15, 0.2) is 5.78 Å². The van der Waals surface area contributed by atoms with Crippen molar-refractivity contribution in [3.05, 3.63) is 29.8 Å². The van der Waals surface area contributed by atoms with Crippen molar-refractivity contribution in [2.75, 3.05) is 26.2 Å². The number of hydrogen-bond acceptors (Lipinski definition) is 5. The summed E-state index contributed by atoms with van der Waals surface area (Å²) in [4.78, 5) is 33.1. The van der Waals surface area contributed by atoms with Crippen LogP contribution in [0.5, 0.6) is 5.75 Å². The van der Waals surface area contributed by atoms with Crippen LogP contribution in [0.25, 0.3) is 0 Å². The summed E-state index contributed by atoms with van der Waals surface area (Å²) in [5, 5.41) is 14.8. The summed E-state index contributed by atoms with van der Waals surface area (Å²) in [5.74, 6) is -2.19. The van der Waals surface area contributed by atoms with E-state index in [0.717, 1.165) is 43.7 Å². The summed E-state index contributed by atoms with van der Waals surface area (Å²) < 4.78 is 5.82. The zero-order valence-electron chi connectivity index (χ0n) is 16.8. The largest absolute Gasteiger partial charge is 0.494 e. The van der Waals surface area contributed by atoms with E-state index in [4.69, 9.17) is 24.5 Å². The van der Waals surface area contributed by atoms with Gasteiger partial charge in [-0.3, -0.25) is 4.79 Å². The maximum absolute atomic E-state index is 12.3. The van der Waals surface area contributed by atoms with Gasteiger partial charge < -0.3 is 19.8 Å². The van der Waals surface area contributed by atoms with E-state index >= 15 is 0 Å². The number of carbonyl (C=O) groups is 3. The number of rotatable bonds is 7. The number of hydrogen-bond donors (Lipinski definition) is 2. The minimum Gasteiger partial charge on any atom is -0.494 e. The second-order valence-electron chi connectivity index (χ2n) is 7.58. The molecule has 1 aromatic carbocycles. The quantitative estimate of drug-likeness (QED) is 0.407. The molecular formula is C22H31NO6. The molecule has 3 rings (SSSR count). The lowest BCUT2D eigenvalue weighted by molar-refractivity contribution is -0.159. The fraction of sp³-hybridized carbons (Fsp3) is 0.591. The Morgan fingerprint density at radius 1 is 0.897 bits per heavy atom. The maximum Gasteiger partial charge on any atom is 0.414 e. The van der Waals surface area contributed by atoms with E-state index in [1.165, 1.54) is 45.2 Å². The van der Waals surface area contributed by atoms with Crippen LogP contribution in [0.3, 0.4) is 0 Å². The third kappa shape index (κ3) is 8.23. The van der Waals surface area contributed by atoms with Crippen LogP contribution >= 0.6 is 0 Å². The third-order valence-electron chi connectivity index (χ3n) is 5.38. The molecule has 7 nitrogen and oxygen atoms in total. The lowest BCUT2D eigenvalue weighted by Crippen LogP contribution is -2.31. The Bertz CT molecular complexity index is 648.